The molecule has 2 bridgehead atoms. The molecule has 33 heavy (non-hydrogen) atoms. The van der Waals surface area contributed by atoms with Crippen LogP contribution in [0.15, 0.2) is 18.2 Å². The number of aliphatic hydroxyl groups is 1. The molecule has 8 heteroatoms. The lowest BCUT2D eigenvalue weighted by Crippen LogP contribution is -2.53. The fourth-order valence-electron chi connectivity index (χ4n) is 5.83. The van der Waals surface area contributed by atoms with Crippen LogP contribution in [0.2, 0.25) is 0 Å². The standard InChI is InChI=1S/C25H35N3O5/c1-4-11-26-22(30)19-18-9-10-25(33-18)20(19)24(32)28(12-5-6-13-29)21(25)23(31)27-17-14-15(2)7-8-16(17)3/h7-8,14,18-21,29H,4-6,9-13H2,1-3H3,(H,26,30)(H,27,31)/t18-,19+,20-,21?,25?/m0/s1. The number of fused-ring (bicyclic) bond motifs is 1. The first-order valence-corrected chi connectivity index (χ1v) is 12.1. The summed E-state index contributed by atoms with van der Waals surface area (Å²) >= 11 is 0. The van der Waals surface area contributed by atoms with E-state index in [-0.39, 0.29) is 30.4 Å². The summed E-state index contributed by atoms with van der Waals surface area (Å²) in [7, 11) is 0. The van der Waals surface area contributed by atoms with Crippen molar-refractivity contribution in [2.75, 3.05) is 25.0 Å². The molecular formula is C25H35N3O5. The lowest BCUT2D eigenvalue weighted by Gasteiger charge is -2.33. The van der Waals surface area contributed by atoms with E-state index in [2.05, 4.69) is 10.6 Å². The minimum atomic E-state index is -0.989. The molecule has 1 spiro atoms. The third-order valence-electron chi connectivity index (χ3n) is 7.36. The molecule has 0 aliphatic carbocycles. The van der Waals surface area contributed by atoms with Gasteiger partial charge in [0.05, 0.1) is 17.9 Å². The Labute approximate surface area is 195 Å². The van der Waals surface area contributed by atoms with Crippen LogP contribution in [-0.4, -0.2) is 65.2 Å². The number of likely N-dealkylation sites (tertiary alicyclic amines) is 1. The molecule has 0 saturated carbocycles. The van der Waals surface area contributed by atoms with Gasteiger partial charge in [-0.25, -0.2) is 0 Å². The Kier molecular flexibility index (Phi) is 6.77. The molecule has 3 N–H and O–H groups in total. The van der Waals surface area contributed by atoms with Crippen molar-refractivity contribution in [3.8, 4) is 0 Å². The number of ether oxygens (including phenoxy) is 1. The number of unbranched alkanes of at least 4 members (excludes halogenated alkanes) is 1. The summed E-state index contributed by atoms with van der Waals surface area (Å²) in [6.07, 6.45) is 2.82. The van der Waals surface area contributed by atoms with Crippen LogP contribution >= 0.6 is 0 Å². The predicted molar refractivity (Wildman–Crippen MR) is 123 cm³/mol. The first-order valence-electron chi connectivity index (χ1n) is 12.1. The Morgan fingerprint density at radius 1 is 1.24 bits per heavy atom. The van der Waals surface area contributed by atoms with Gasteiger partial charge in [0.25, 0.3) is 0 Å². The molecule has 0 radical (unpaired) electrons. The Bertz CT molecular complexity index is 935. The zero-order chi connectivity index (χ0) is 23.8. The molecule has 3 heterocycles. The highest BCUT2D eigenvalue weighted by Gasteiger charge is 2.74. The summed E-state index contributed by atoms with van der Waals surface area (Å²) in [4.78, 5) is 42.0. The molecule has 1 aromatic rings. The number of aryl methyl sites for hydroxylation is 2. The van der Waals surface area contributed by atoms with Crippen LogP contribution in [0.25, 0.3) is 0 Å². The molecule has 180 valence electrons. The van der Waals surface area contributed by atoms with Gasteiger partial charge in [-0.2, -0.15) is 0 Å². The Hall–Kier alpha value is -2.45. The molecule has 3 amide bonds. The van der Waals surface area contributed by atoms with E-state index in [0.29, 0.717) is 44.5 Å². The maximum Gasteiger partial charge on any atom is 0.250 e. The summed E-state index contributed by atoms with van der Waals surface area (Å²) in [6.45, 7) is 6.80. The number of nitrogens with zero attached hydrogens (tertiary/aromatic N) is 1. The zero-order valence-electron chi connectivity index (χ0n) is 19.7. The van der Waals surface area contributed by atoms with Gasteiger partial charge in [-0.15, -0.1) is 0 Å². The van der Waals surface area contributed by atoms with E-state index in [0.717, 1.165) is 17.5 Å². The van der Waals surface area contributed by atoms with Gasteiger partial charge in [-0.1, -0.05) is 19.1 Å². The second kappa shape index (κ2) is 9.43. The second-order valence-corrected chi connectivity index (χ2v) is 9.62. The number of amides is 3. The number of carbonyl (C=O) groups excluding carboxylic acids is 3. The first-order chi connectivity index (χ1) is 15.8. The van der Waals surface area contributed by atoms with Crippen LogP contribution in [0.3, 0.4) is 0 Å². The molecule has 5 atom stereocenters. The third-order valence-corrected chi connectivity index (χ3v) is 7.36. The average Bonchev–Trinajstić information content (AvgIpc) is 3.42. The first kappa shape index (κ1) is 23.7. The topological polar surface area (TPSA) is 108 Å². The van der Waals surface area contributed by atoms with Crippen molar-refractivity contribution in [1.29, 1.82) is 0 Å². The highest BCUT2D eigenvalue weighted by atomic mass is 16.5. The Morgan fingerprint density at radius 2 is 2.03 bits per heavy atom. The molecule has 8 nitrogen and oxygen atoms in total. The quantitative estimate of drug-likeness (QED) is 0.491. The monoisotopic (exact) mass is 457 g/mol. The third kappa shape index (κ3) is 4.04. The minimum absolute atomic E-state index is 0.0244. The van der Waals surface area contributed by atoms with Gasteiger partial charge in [0.1, 0.15) is 11.6 Å². The SMILES string of the molecule is CCCNC(=O)[C@@H]1[C@@H]2CCC3(O2)C(C(=O)Nc2cc(C)ccc2C)N(CCCCO)C(=O)[C@H]13. The van der Waals surface area contributed by atoms with Crippen molar-refractivity contribution in [2.45, 2.75) is 70.6 Å². The smallest absolute Gasteiger partial charge is 0.250 e. The van der Waals surface area contributed by atoms with Crippen LogP contribution in [0, 0.1) is 25.7 Å². The van der Waals surface area contributed by atoms with E-state index in [9.17, 15) is 19.5 Å². The number of anilines is 1. The number of aliphatic hydroxyl groups excluding tert-OH is 1. The molecule has 1 aromatic carbocycles. The largest absolute Gasteiger partial charge is 0.396 e. The Balaban J connectivity index is 1.66. The molecule has 4 rings (SSSR count). The van der Waals surface area contributed by atoms with Crippen LogP contribution in [0.5, 0.6) is 0 Å². The zero-order valence-corrected chi connectivity index (χ0v) is 19.7. The van der Waals surface area contributed by atoms with Crippen LogP contribution in [-0.2, 0) is 19.1 Å². The van der Waals surface area contributed by atoms with Gasteiger partial charge in [-0.05, 0) is 63.1 Å². The summed E-state index contributed by atoms with van der Waals surface area (Å²) in [6, 6.07) is 5.06. The number of carbonyl (C=O) groups is 3. The van der Waals surface area contributed by atoms with Crippen LogP contribution < -0.4 is 10.6 Å². The van der Waals surface area contributed by atoms with Gasteiger partial charge in [0, 0.05) is 25.4 Å². The number of benzene rings is 1. The van der Waals surface area contributed by atoms with Crippen molar-refractivity contribution in [3.05, 3.63) is 29.3 Å². The summed E-state index contributed by atoms with van der Waals surface area (Å²) < 4.78 is 6.40. The van der Waals surface area contributed by atoms with E-state index >= 15 is 0 Å². The molecule has 0 aromatic heterocycles. The van der Waals surface area contributed by atoms with Gasteiger partial charge in [0.15, 0.2) is 0 Å². The summed E-state index contributed by atoms with van der Waals surface area (Å²) in [5.41, 5.74) is 1.69. The normalized spacial score (nSPS) is 29.9. The summed E-state index contributed by atoms with van der Waals surface area (Å²) in [5, 5.41) is 15.2. The fraction of sp³-hybridized carbons (Fsp3) is 0.640. The van der Waals surface area contributed by atoms with Gasteiger partial charge in [-0.3, -0.25) is 14.4 Å². The van der Waals surface area contributed by atoms with E-state index in [1.165, 1.54) is 0 Å². The molecule has 3 fully saturated rings. The maximum atomic E-state index is 13.7. The van der Waals surface area contributed by atoms with Crippen molar-refractivity contribution in [1.82, 2.24) is 10.2 Å². The average molecular weight is 458 g/mol. The molecule has 2 unspecified atom stereocenters. The second-order valence-electron chi connectivity index (χ2n) is 9.62. The van der Waals surface area contributed by atoms with Gasteiger partial charge < -0.3 is 25.4 Å². The number of nitrogens with one attached hydrogen (secondary N) is 2. The van der Waals surface area contributed by atoms with Crippen LogP contribution in [0.4, 0.5) is 5.69 Å². The minimum Gasteiger partial charge on any atom is -0.396 e. The lowest BCUT2D eigenvalue weighted by atomic mass is 9.70. The lowest BCUT2D eigenvalue weighted by molar-refractivity contribution is -0.140. The molecular weight excluding hydrogens is 422 g/mol. The highest BCUT2D eigenvalue weighted by molar-refractivity contribution is 6.03. The van der Waals surface area contributed by atoms with Gasteiger partial charge in [0.2, 0.25) is 17.7 Å². The predicted octanol–water partition coefficient (Wildman–Crippen LogP) is 1.92. The maximum absolute atomic E-state index is 13.7. The highest BCUT2D eigenvalue weighted by Crippen LogP contribution is 2.58. The van der Waals surface area contributed by atoms with E-state index < -0.39 is 23.5 Å². The van der Waals surface area contributed by atoms with Crippen molar-refractivity contribution < 1.29 is 24.2 Å². The number of rotatable bonds is 9. The van der Waals surface area contributed by atoms with Crippen molar-refractivity contribution in [3.63, 3.8) is 0 Å². The van der Waals surface area contributed by atoms with E-state index in [1.807, 2.05) is 39.0 Å². The van der Waals surface area contributed by atoms with Crippen LogP contribution in [0.1, 0.15) is 50.2 Å². The van der Waals surface area contributed by atoms with Crippen molar-refractivity contribution in [2.24, 2.45) is 11.8 Å². The number of hydrogen-bond donors (Lipinski definition) is 3. The summed E-state index contributed by atoms with van der Waals surface area (Å²) in [5.74, 6) is -1.85. The van der Waals surface area contributed by atoms with E-state index in [4.69, 9.17) is 4.74 Å². The van der Waals surface area contributed by atoms with Crippen molar-refractivity contribution >= 4 is 23.4 Å². The Morgan fingerprint density at radius 3 is 2.76 bits per heavy atom. The molecule has 3 saturated heterocycles. The fourth-order valence-corrected chi connectivity index (χ4v) is 5.83. The molecule has 3 aliphatic heterocycles. The van der Waals surface area contributed by atoms with E-state index in [1.54, 1.807) is 4.90 Å². The molecule has 3 aliphatic rings. The number of hydrogen-bond acceptors (Lipinski definition) is 5. The van der Waals surface area contributed by atoms with Gasteiger partial charge >= 0.3 is 0 Å².